The second-order valence-electron chi connectivity index (χ2n) is 7.73. The van der Waals surface area contributed by atoms with Crippen LogP contribution in [-0.2, 0) is 4.74 Å². The molecule has 0 amide bonds. The number of carbonyl (C=O) groups excluding carboxylic acids is 2. The standard InChI is InChI=1S/C22H22O10/c1-8-3-10-15(12(24)4-8)19(27)16-11(17(10)25)5-9(30-2)6-13(16)31-22-21(29)20(28)18(26)14(7-23)32-22/h3-6,14,18,20-24,26,28-29H,7H2,1-2H3/t14-,18+,20-,21+,22-/m1/s1. The second-order valence-corrected chi connectivity index (χ2v) is 7.73. The van der Waals surface area contributed by atoms with Gasteiger partial charge in [0.1, 0.15) is 41.7 Å². The monoisotopic (exact) mass is 446 g/mol. The fraction of sp³-hybridized carbons (Fsp3) is 0.364. The van der Waals surface area contributed by atoms with E-state index in [-0.39, 0.29) is 39.5 Å². The molecule has 2 aromatic rings. The van der Waals surface area contributed by atoms with Crippen molar-refractivity contribution < 1.29 is 49.3 Å². The zero-order valence-electron chi connectivity index (χ0n) is 17.2. The minimum Gasteiger partial charge on any atom is -0.507 e. The molecule has 0 radical (unpaired) electrons. The number of hydrogen-bond donors (Lipinski definition) is 5. The molecule has 10 heteroatoms. The average Bonchev–Trinajstić information content (AvgIpc) is 2.76. The van der Waals surface area contributed by atoms with Gasteiger partial charge in [0.15, 0.2) is 5.78 Å². The Morgan fingerprint density at radius 2 is 1.62 bits per heavy atom. The summed E-state index contributed by atoms with van der Waals surface area (Å²) in [5.41, 5.74) is 0.223. The number of carbonyl (C=O) groups is 2. The molecule has 1 fully saturated rings. The van der Waals surface area contributed by atoms with Crippen molar-refractivity contribution in [2.75, 3.05) is 13.7 Å². The van der Waals surface area contributed by atoms with Crippen LogP contribution in [0.2, 0.25) is 0 Å². The van der Waals surface area contributed by atoms with Gasteiger partial charge >= 0.3 is 0 Å². The lowest BCUT2D eigenvalue weighted by atomic mass is 9.82. The van der Waals surface area contributed by atoms with Gasteiger partial charge in [-0.3, -0.25) is 9.59 Å². The SMILES string of the molecule is COc1cc(O[C@@H]2O[C@H](CO)[C@H](O)[C@@H](O)[C@@H]2O)c2c(c1)C(=O)c1cc(C)cc(O)c1C2=O. The first-order chi connectivity index (χ1) is 15.2. The van der Waals surface area contributed by atoms with Gasteiger partial charge in [0.25, 0.3) is 0 Å². The van der Waals surface area contributed by atoms with Crippen LogP contribution in [0.4, 0.5) is 0 Å². The molecule has 0 unspecified atom stereocenters. The second kappa shape index (κ2) is 8.15. The highest BCUT2D eigenvalue weighted by Gasteiger charge is 2.45. The summed E-state index contributed by atoms with van der Waals surface area (Å²) >= 11 is 0. The minimum absolute atomic E-state index is 0.0343. The molecule has 5 N–H and O–H groups in total. The van der Waals surface area contributed by atoms with Crippen LogP contribution in [0.5, 0.6) is 17.2 Å². The fourth-order valence-corrected chi connectivity index (χ4v) is 3.96. The van der Waals surface area contributed by atoms with Crippen molar-refractivity contribution in [3.63, 3.8) is 0 Å². The number of phenols is 1. The number of hydrogen-bond acceptors (Lipinski definition) is 10. The van der Waals surface area contributed by atoms with Crippen LogP contribution in [0, 0.1) is 6.92 Å². The first-order valence-electron chi connectivity index (χ1n) is 9.80. The Balaban J connectivity index is 1.82. The first kappa shape index (κ1) is 22.2. The lowest BCUT2D eigenvalue weighted by Crippen LogP contribution is -2.60. The molecule has 32 heavy (non-hydrogen) atoms. The Morgan fingerprint density at radius 3 is 2.28 bits per heavy atom. The van der Waals surface area contributed by atoms with Gasteiger partial charge in [0.2, 0.25) is 12.1 Å². The normalized spacial score (nSPS) is 27.0. The third kappa shape index (κ3) is 3.42. The highest BCUT2D eigenvalue weighted by Crippen LogP contribution is 2.40. The van der Waals surface area contributed by atoms with E-state index in [0.29, 0.717) is 5.56 Å². The van der Waals surface area contributed by atoms with Crippen molar-refractivity contribution in [2.45, 2.75) is 37.6 Å². The molecule has 0 bridgehead atoms. The number of methoxy groups -OCH3 is 1. The largest absolute Gasteiger partial charge is 0.507 e. The maximum absolute atomic E-state index is 13.3. The number of rotatable bonds is 4. The van der Waals surface area contributed by atoms with Crippen LogP contribution in [-0.4, -0.2) is 81.5 Å². The summed E-state index contributed by atoms with van der Waals surface area (Å²) in [7, 11) is 1.35. The summed E-state index contributed by atoms with van der Waals surface area (Å²) in [6.45, 7) is 1.01. The fourth-order valence-electron chi connectivity index (χ4n) is 3.96. The van der Waals surface area contributed by atoms with Gasteiger partial charge in [-0.15, -0.1) is 0 Å². The number of fused-ring (bicyclic) bond motifs is 2. The Kier molecular flexibility index (Phi) is 5.65. The zero-order valence-corrected chi connectivity index (χ0v) is 17.2. The van der Waals surface area contributed by atoms with Gasteiger partial charge < -0.3 is 39.7 Å². The number of phenolic OH excluding ortho intramolecular Hbond substituents is 1. The van der Waals surface area contributed by atoms with E-state index in [1.54, 1.807) is 6.92 Å². The summed E-state index contributed by atoms with van der Waals surface area (Å²) in [4.78, 5) is 26.5. The van der Waals surface area contributed by atoms with Crippen molar-refractivity contribution in [1.29, 1.82) is 0 Å². The summed E-state index contributed by atoms with van der Waals surface area (Å²) < 4.78 is 16.2. The predicted octanol–water partition coefficient (Wildman–Crippen LogP) is -0.337. The maximum atomic E-state index is 13.3. The molecule has 0 spiro atoms. The molecule has 2 aromatic carbocycles. The van der Waals surface area contributed by atoms with Gasteiger partial charge in [-0.05, 0) is 30.7 Å². The highest BCUT2D eigenvalue weighted by molar-refractivity contribution is 6.30. The summed E-state index contributed by atoms with van der Waals surface area (Å²) in [5, 5.41) is 50.0. The van der Waals surface area contributed by atoms with Crippen LogP contribution in [0.15, 0.2) is 24.3 Å². The third-order valence-corrected chi connectivity index (χ3v) is 5.61. The van der Waals surface area contributed by atoms with E-state index < -0.39 is 48.9 Å². The van der Waals surface area contributed by atoms with E-state index in [1.807, 2.05) is 0 Å². The van der Waals surface area contributed by atoms with Gasteiger partial charge in [-0.2, -0.15) is 0 Å². The van der Waals surface area contributed by atoms with Gasteiger partial charge in [-0.25, -0.2) is 0 Å². The lowest BCUT2D eigenvalue weighted by Gasteiger charge is -2.39. The van der Waals surface area contributed by atoms with Crippen LogP contribution < -0.4 is 9.47 Å². The lowest BCUT2D eigenvalue weighted by molar-refractivity contribution is -0.277. The number of aliphatic hydroxyl groups is 4. The van der Waals surface area contributed by atoms with Crippen molar-refractivity contribution >= 4 is 11.6 Å². The quantitative estimate of drug-likeness (QED) is 0.358. The van der Waals surface area contributed by atoms with Crippen molar-refractivity contribution in [3.05, 3.63) is 52.1 Å². The topological polar surface area (TPSA) is 163 Å². The van der Waals surface area contributed by atoms with Crippen LogP contribution in [0.3, 0.4) is 0 Å². The third-order valence-electron chi connectivity index (χ3n) is 5.61. The van der Waals surface area contributed by atoms with E-state index >= 15 is 0 Å². The van der Waals surface area contributed by atoms with Crippen LogP contribution >= 0.6 is 0 Å². The Hall–Kier alpha value is -3.02. The van der Waals surface area contributed by atoms with E-state index in [1.165, 1.54) is 31.4 Å². The molecule has 5 atom stereocenters. The maximum Gasteiger partial charge on any atom is 0.229 e. The molecule has 1 heterocycles. The number of aliphatic hydroxyl groups excluding tert-OH is 4. The number of aromatic hydroxyl groups is 1. The van der Waals surface area contributed by atoms with Gasteiger partial charge in [-0.1, -0.05) is 0 Å². The molecular formula is C22H22O10. The first-order valence-corrected chi connectivity index (χ1v) is 9.80. The molecule has 1 aliphatic carbocycles. The molecule has 1 saturated heterocycles. The summed E-state index contributed by atoms with van der Waals surface area (Å²) in [6, 6.07) is 5.51. The molecule has 2 aliphatic rings. The number of ether oxygens (including phenoxy) is 3. The molecular weight excluding hydrogens is 424 g/mol. The number of ketones is 2. The summed E-state index contributed by atoms with van der Waals surface area (Å²) in [6.07, 6.45) is -7.84. The minimum atomic E-state index is -1.73. The molecule has 1 aliphatic heterocycles. The molecule has 170 valence electrons. The zero-order chi connectivity index (χ0) is 23.3. The van der Waals surface area contributed by atoms with E-state index in [9.17, 15) is 35.1 Å². The van der Waals surface area contributed by atoms with Crippen molar-refractivity contribution in [1.82, 2.24) is 0 Å². The number of benzene rings is 2. The molecule has 0 aromatic heterocycles. The summed E-state index contributed by atoms with van der Waals surface area (Å²) in [5.74, 6) is -1.61. The predicted molar refractivity (Wildman–Crippen MR) is 107 cm³/mol. The molecule has 4 rings (SSSR count). The van der Waals surface area contributed by atoms with Crippen LogP contribution in [0.25, 0.3) is 0 Å². The Labute approximate surface area is 182 Å². The van der Waals surface area contributed by atoms with Crippen molar-refractivity contribution in [3.8, 4) is 17.2 Å². The molecule has 0 saturated carbocycles. The Morgan fingerprint density at radius 1 is 0.938 bits per heavy atom. The van der Waals surface area contributed by atoms with Crippen LogP contribution in [0.1, 0.15) is 37.4 Å². The van der Waals surface area contributed by atoms with E-state index in [0.717, 1.165) is 0 Å². The van der Waals surface area contributed by atoms with Gasteiger partial charge in [0, 0.05) is 17.2 Å². The van der Waals surface area contributed by atoms with E-state index in [2.05, 4.69) is 0 Å². The molecule has 10 nitrogen and oxygen atoms in total. The van der Waals surface area contributed by atoms with Crippen molar-refractivity contribution in [2.24, 2.45) is 0 Å². The van der Waals surface area contributed by atoms with E-state index in [4.69, 9.17) is 14.2 Å². The smallest absolute Gasteiger partial charge is 0.229 e. The Bertz CT molecular complexity index is 1090. The average molecular weight is 446 g/mol. The number of aryl methyl sites for hydroxylation is 1. The highest BCUT2D eigenvalue weighted by atomic mass is 16.7. The van der Waals surface area contributed by atoms with Gasteiger partial charge in [0.05, 0.1) is 24.8 Å².